The Kier molecular flexibility index (Phi) is 7.26. The molecule has 1 aromatic heterocycles. The Morgan fingerprint density at radius 1 is 1.04 bits per heavy atom. The molecule has 0 radical (unpaired) electrons. The molecule has 0 spiro atoms. The number of aromatic nitrogens is 2. The van der Waals surface area contributed by atoms with Crippen molar-refractivity contribution in [3.63, 3.8) is 0 Å². The summed E-state index contributed by atoms with van der Waals surface area (Å²) in [4.78, 5) is 27.5. The summed E-state index contributed by atoms with van der Waals surface area (Å²) < 4.78 is 0. The third-order valence-electron chi connectivity index (χ3n) is 4.19. The van der Waals surface area contributed by atoms with Crippen molar-refractivity contribution < 1.29 is 4.79 Å². The standard InChI is InChI=1S/C17H29N5O/c1-3-9-20(10-4-2)11-6-16(23)21-12-14-22(15-13-21)17-18-7-5-8-19-17/h5,7-8H,3-4,6,9-15H2,1-2H3. The molecule has 0 atom stereocenters. The van der Waals surface area contributed by atoms with E-state index in [1.807, 2.05) is 11.0 Å². The van der Waals surface area contributed by atoms with Crippen molar-refractivity contribution in [1.29, 1.82) is 0 Å². The molecule has 1 aliphatic rings. The van der Waals surface area contributed by atoms with E-state index in [1.54, 1.807) is 12.4 Å². The van der Waals surface area contributed by atoms with Gasteiger partial charge in [0.05, 0.1) is 0 Å². The van der Waals surface area contributed by atoms with Crippen molar-refractivity contribution in [2.75, 3.05) is 50.7 Å². The first kappa shape index (κ1) is 17.7. The normalized spacial score (nSPS) is 15.3. The van der Waals surface area contributed by atoms with Crippen molar-refractivity contribution in [3.8, 4) is 0 Å². The van der Waals surface area contributed by atoms with Crippen LogP contribution in [0.25, 0.3) is 0 Å². The molecule has 128 valence electrons. The molecule has 23 heavy (non-hydrogen) atoms. The molecule has 0 N–H and O–H groups in total. The number of nitrogens with zero attached hydrogens (tertiary/aromatic N) is 5. The molecule has 0 saturated carbocycles. The topological polar surface area (TPSA) is 52.6 Å². The highest BCUT2D eigenvalue weighted by atomic mass is 16.2. The largest absolute Gasteiger partial charge is 0.339 e. The number of carbonyl (C=O) groups is 1. The predicted molar refractivity (Wildman–Crippen MR) is 92.5 cm³/mol. The molecule has 1 aliphatic heterocycles. The van der Waals surface area contributed by atoms with Crippen LogP contribution in [0.15, 0.2) is 18.5 Å². The van der Waals surface area contributed by atoms with Crippen LogP contribution in [-0.4, -0.2) is 71.5 Å². The van der Waals surface area contributed by atoms with E-state index in [0.717, 1.165) is 64.6 Å². The number of carbonyl (C=O) groups excluding carboxylic acids is 1. The first-order valence-corrected chi connectivity index (χ1v) is 8.76. The first-order chi connectivity index (χ1) is 11.2. The van der Waals surface area contributed by atoms with E-state index in [2.05, 4.69) is 33.6 Å². The van der Waals surface area contributed by atoms with Gasteiger partial charge in [-0.2, -0.15) is 0 Å². The molecule has 1 amide bonds. The van der Waals surface area contributed by atoms with Crippen LogP contribution in [0.5, 0.6) is 0 Å². The maximum atomic E-state index is 12.4. The van der Waals surface area contributed by atoms with Crippen molar-refractivity contribution in [2.45, 2.75) is 33.1 Å². The summed E-state index contributed by atoms with van der Waals surface area (Å²) in [5.41, 5.74) is 0. The van der Waals surface area contributed by atoms with Crippen LogP contribution in [0.1, 0.15) is 33.1 Å². The smallest absolute Gasteiger partial charge is 0.225 e. The number of amides is 1. The average Bonchev–Trinajstić information content (AvgIpc) is 2.61. The van der Waals surface area contributed by atoms with E-state index in [0.29, 0.717) is 6.42 Å². The number of rotatable bonds is 8. The highest BCUT2D eigenvalue weighted by Crippen LogP contribution is 2.10. The Hall–Kier alpha value is -1.69. The van der Waals surface area contributed by atoms with Gasteiger partial charge in [-0.1, -0.05) is 13.8 Å². The van der Waals surface area contributed by atoms with Gasteiger partial charge in [-0.3, -0.25) is 4.79 Å². The first-order valence-electron chi connectivity index (χ1n) is 8.76. The van der Waals surface area contributed by atoms with Crippen LogP contribution in [0.4, 0.5) is 5.95 Å². The molecule has 2 rings (SSSR count). The summed E-state index contributed by atoms with van der Waals surface area (Å²) in [7, 11) is 0. The third kappa shape index (κ3) is 5.46. The molecule has 1 aromatic rings. The quantitative estimate of drug-likeness (QED) is 0.729. The van der Waals surface area contributed by atoms with E-state index in [4.69, 9.17) is 0 Å². The van der Waals surface area contributed by atoms with E-state index >= 15 is 0 Å². The van der Waals surface area contributed by atoms with Gasteiger partial charge in [0.2, 0.25) is 11.9 Å². The fourth-order valence-electron chi connectivity index (χ4n) is 2.99. The Morgan fingerprint density at radius 3 is 2.22 bits per heavy atom. The third-order valence-corrected chi connectivity index (χ3v) is 4.19. The predicted octanol–water partition coefficient (Wildman–Crippen LogP) is 1.64. The summed E-state index contributed by atoms with van der Waals surface area (Å²) >= 11 is 0. The highest BCUT2D eigenvalue weighted by Gasteiger charge is 2.22. The zero-order valence-corrected chi connectivity index (χ0v) is 14.4. The monoisotopic (exact) mass is 319 g/mol. The molecule has 1 fully saturated rings. The summed E-state index contributed by atoms with van der Waals surface area (Å²) in [6.45, 7) is 10.6. The van der Waals surface area contributed by atoms with Gasteiger partial charge in [-0.15, -0.1) is 0 Å². The van der Waals surface area contributed by atoms with Gasteiger partial charge in [-0.05, 0) is 32.0 Å². The highest BCUT2D eigenvalue weighted by molar-refractivity contribution is 5.76. The summed E-state index contributed by atoms with van der Waals surface area (Å²) in [5, 5.41) is 0. The zero-order chi connectivity index (χ0) is 16.5. The second kappa shape index (κ2) is 9.45. The Balaban J connectivity index is 1.75. The fourth-order valence-corrected chi connectivity index (χ4v) is 2.99. The fraction of sp³-hybridized carbons (Fsp3) is 0.706. The minimum atomic E-state index is 0.274. The minimum absolute atomic E-state index is 0.274. The van der Waals surface area contributed by atoms with Gasteiger partial charge in [0, 0.05) is 51.5 Å². The van der Waals surface area contributed by atoms with Crippen LogP contribution in [0.2, 0.25) is 0 Å². The molecular formula is C17H29N5O. The van der Waals surface area contributed by atoms with Crippen LogP contribution in [0.3, 0.4) is 0 Å². The zero-order valence-electron chi connectivity index (χ0n) is 14.4. The molecule has 2 heterocycles. The van der Waals surface area contributed by atoms with Gasteiger partial charge >= 0.3 is 0 Å². The van der Waals surface area contributed by atoms with Crippen molar-refractivity contribution in [2.24, 2.45) is 0 Å². The van der Waals surface area contributed by atoms with E-state index < -0.39 is 0 Å². The van der Waals surface area contributed by atoms with Crippen LogP contribution >= 0.6 is 0 Å². The van der Waals surface area contributed by atoms with Crippen LogP contribution in [-0.2, 0) is 4.79 Å². The van der Waals surface area contributed by atoms with Gasteiger partial charge in [0.15, 0.2) is 0 Å². The van der Waals surface area contributed by atoms with E-state index in [1.165, 1.54) is 0 Å². The molecular weight excluding hydrogens is 290 g/mol. The molecule has 6 heteroatoms. The molecule has 0 aliphatic carbocycles. The number of piperazine rings is 1. The lowest BCUT2D eigenvalue weighted by molar-refractivity contribution is -0.131. The molecule has 0 unspecified atom stereocenters. The lowest BCUT2D eigenvalue weighted by Crippen LogP contribution is -2.49. The molecule has 0 aromatic carbocycles. The maximum absolute atomic E-state index is 12.4. The van der Waals surface area contributed by atoms with Gasteiger partial charge < -0.3 is 14.7 Å². The Morgan fingerprint density at radius 2 is 1.65 bits per heavy atom. The van der Waals surface area contributed by atoms with Gasteiger partial charge in [-0.25, -0.2) is 9.97 Å². The maximum Gasteiger partial charge on any atom is 0.225 e. The number of anilines is 1. The van der Waals surface area contributed by atoms with E-state index in [9.17, 15) is 4.79 Å². The Labute approximate surface area is 139 Å². The SMILES string of the molecule is CCCN(CCC)CCC(=O)N1CCN(c2ncccn2)CC1. The van der Waals surface area contributed by atoms with Gasteiger partial charge in [0.25, 0.3) is 0 Å². The minimum Gasteiger partial charge on any atom is -0.339 e. The molecule has 6 nitrogen and oxygen atoms in total. The second-order valence-electron chi connectivity index (χ2n) is 6.01. The Bertz CT molecular complexity index is 453. The van der Waals surface area contributed by atoms with Crippen molar-refractivity contribution in [1.82, 2.24) is 19.8 Å². The van der Waals surface area contributed by atoms with Gasteiger partial charge in [0.1, 0.15) is 0 Å². The van der Waals surface area contributed by atoms with Crippen molar-refractivity contribution >= 4 is 11.9 Å². The summed E-state index contributed by atoms with van der Waals surface area (Å²) in [6, 6.07) is 1.82. The van der Waals surface area contributed by atoms with Crippen LogP contribution < -0.4 is 4.90 Å². The molecule has 1 saturated heterocycles. The lowest BCUT2D eigenvalue weighted by Gasteiger charge is -2.35. The molecule has 0 bridgehead atoms. The summed E-state index contributed by atoms with van der Waals surface area (Å²) in [5.74, 6) is 1.03. The average molecular weight is 319 g/mol. The number of hydrogen-bond acceptors (Lipinski definition) is 5. The van der Waals surface area contributed by atoms with Crippen molar-refractivity contribution in [3.05, 3.63) is 18.5 Å². The lowest BCUT2D eigenvalue weighted by atomic mass is 10.2. The summed E-state index contributed by atoms with van der Waals surface area (Å²) in [6.07, 6.45) is 6.43. The second-order valence-corrected chi connectivity index (χ2v) is 6.01. The van der Waals surface area contributed by atoms with E-state index in [-0.39, 0.29) is 5.91 Å². The van der Waals surface area contributed by atoms with Crippen LogP contribution in [0, 0.1) is 0 Å². The number of hydrogen-bond donors (Lipinski definition) is 0.